The summed E-state index contributed by atoms with van der Waals surface area (Å²) in [6.45, 7) is 11.2. The third kappa shape index (κ3) is 3.87. The number of ether oxygens (including phenoxy) is 2. The molecule has 1 amide bonds. The summed E-state index contributed by atoms with van der Waals surface area (Å²) in [4.78, 5) is 25.6. The fourth-order valence-electron chi connectivity index (χ4n) is 2.30. The molecule has 1 aromatic carbocycles. The minimum Gasteiger partial charge on any atom is -0.488 e. The molecular weight excluding hydrogens is 340 g/mol. The van der Waals surface area contributed by atoms with E-state index < -0.39 is 11.4 Å². The van der Waals surface area contributed by atoms with E-state index >= 15 is 0 Å². The number of nitrogens with one attached hydrogen (secondary N) is 1. The molecule has 1 heterocycles. The molecule has 134 valence electrons. The number of carbonyl (C=O) groups excluding carboxylic acids is 2. The van der Waals surface area contributed by atoms with Crippen molar-refractivity contribution in [3.63, 3.8) is 0 Å². The van der Waals surface area contributed by atoms with E-state index in [0.717, 1.165) is 16.0 Å². The first-order chi connectivity index (χ1) is 11.7. The molecule has 0 saturated heterocycles. The molecule has 0 radical (unpaired) electrons. The number of carbonyl (C=O) groups is 2. The minimum atomic E-state index is -0.603. The molecule has 7 heteroatoms. The first kappa shape index (κ1) is 19.1. The molecule has 1 aliphatic heterocycles. The molecule has 1 aliphatic rings. The predicted molar refractivity (Wildman–Crippen MR) is 101 cm³/mol. The molecule has 0 spiro atoms. The Labute approximate surface area is 151 Å². The molecule has 0 aliphatic carbocycles. The minimum absolute atomic E-state index is 0.201. The number of esters is 1. The highest BCUT2D eigenvalue weighted by Crippen LogP contribution is 2.44. The summed E-state index contributed by atoms with van der Waals surface area (Å²) < 4.78 is 14.6. The van der Waals surface area contributed by atoms with Gasteiger partial charge in [0.25, 0.3) is 0 Å². The number of anilines is 1. The molecule has 0 bridgehead atoms. The smallest absolute Gasteiger partial charge is 0.343 e. The highest BCUT2D eigenvalue weighted by atomic mass is 32.2. The molecule has 25 heavy (non-hydrogen) atoms. The van der Waals surface area contributed by atoms with E-state index in [9.17, 15) is 9.59 Å². The Morgan fingerprint density at radius 2 is 2.04 bits per heavy atom. The number of amides is 1. The lowest BCUT2D eigenvalue weighted by molar-refractivity contribution is -0.123. The summed E-state index contributed by atoms with van der Waals surface area (Å²) in [6.07, 6.45) is 0. The number of methoxy groups -OCH3 is 1. The normalized spacial score (nSPS) is 13.6. The van der Waals surface area contributed by atoms with Crippen LogP contribution in [0.15, 0.2) is 22.1 Å². The lowest BCUT2D eigenvalue weighted by Gasteiger charge is -2.25. The maximum absolute atomic E-state index is 12.4. The number of fused-ring (bicyclic) bond motifs is 1. The molecule has 0 aromatic heterocycles. The van der Waals surface area contributed by atoms with Crippen molar-refractivity contribution < 1.29 is 19.1 Å². The summed E-state index contributed by atoms with van der Waals surface area (Å²) >= 11 is 1.23. The van der Waals surface area contributed by atoms with Crippen LogP contribution < -0.4 is 10.1 Å². The summed E-state index contributed by atoms with van der Waals surface area (Å²) in [7, 11) is 1.29. The third-order valence-electron chi connectivity index (χ3n) is 3.70. The summed E-state index contributed by atoms with van der Waals surface area (Å²) in [5.41, 5.74) is 1.68. The van der Waals surface area contributed by atoms with Gasteiger partial charge in [-0.3, -0.25) is 4.79 Å². The Bertz CT molecular complexity index is 763. The van der Waals surface area contributed by atoms with Gasteiger partial charge in [-0.1, -0.05) is 20.8 Å². The van der Waals surface area contributed by atoms with Gasteiger partial charge in [0.05, 0.1) is 12.8 Å². The van der Waals surface area contributed by atoms with Crippen LogP contribution in [0.1, 0.15) is 43.6 Å². The van der Waals surface area contributed by atoms with E-state index in [4.69, 9.17) is 9.47 Å². The topological polar surface area (TPSA) is 77.0 Å². The molecular formula is C18H22N2O4S. The summed E-state index contributed by atoms with van der Waals surface area (Å²) in [5, 5.41) is 2.80. The van der Waals surface area contributed by atoms with Gasteiger partial charge in [0.1, 0.15) is 17.9 Å². The van der Waals surface area contributed by atoms with Crippen LogP contribution in [-0.4, -0.2) is 32.3 Å². The van der Waals surface area contributed by atoms with Gasteiger partial charge >= 0.3 is 5.97 Å². The molecule has 1 N–H and O–H groups in total. The van der Waals surface area contributed by atoms with Crippen LogP contribution in [0, 0.1) is 5.41 Å². The van der Waals surface area contributed by atoms with Crippen molar-refractivity contribution in [2.45, 2.75) is 27.7 Å². The van der Waals surface area contributed by atoms with Gasteiger partial charge in [0.2, 0.25) is 5.91 Å². The lowest BCUT2D eigenvalue weighted by Crippen LogP contribution is -2.29. The zero-order valence-electron chi connectivity index (χ0n) is 15.1. The number of nitrogens with zero attached hydrogens (tertiary/aromatic N) is 1. The van der Waals surface area contributed by atoms with E-state index in [1.165, 1.54) is 19.1 Å². The van der Waals surface area contributed by atoms with Crippen molar-refractivity contribution in [1.29, 1.82) is 0 Å². The number of hydrogen-bond donors (Lipinski definition) is 1. The van der Waals surface area contributed by atoms with Crippen molar-refractivity contribution >= 4 is 41.1 Å². The fourth-order valence-corrected chi connectivity index (χ4v) is 2.90. The van der Waals surface area contributed by atoms with Gasteiger partial charge < -0.3 is 14.8 Å². The van der Waals surface area contributed by atoms with Crippen LogP contribution in [0.2, 0.25) is 0 Å². The monoisotopic (exact) mass is 362 g/mol. The molecule has 0 fully saturated rings. The Kier molecular flexibility index (Phi) is 5.57. The quantitative estimate of drug-likeness (QED) is 0.499. The number of benzene rings is 1. The first-order valence-electron chi connectivity index (χ1n) is 7.73. The van der Waals surface area contributed by atoms with Crippen LogP contribution in [0.3, 0.4) is 0 Å². The van der Waals surface area contributed by atoms with E-state index in [0.29, 0.717) is 18.0 Å². The zero-order chi connectivity index (χ0) is 18.8. The van der Waals surface area contributed by atoms with Gasteiger partial charge in [0, 0.05) is 27.8 Å². The van der Waals surface area contributed by atoms with E-state index in [1.807, 2.05) is 6.92 Å². The van der Waals surface area contributed by atoms with Crippen molar-refractivity contribution in [3.05, 3.63) is 28.8 Å². The second-order valence-corrected chi connectivity index (χ2v) is 7.53. The Morgan fingerprint density at radius 3 is 2.60 bits per heavy atom. The van der Waals surface area contributed by atoms with E-state index in [2.05, 4.69) is 16.4 Å². The van der Waals surface area contributed by atoms with Crippen LogP contribution in [-0.2, 0) is 9.53 Å². The molecule has 0 unspecified atom stereocenters. The number of hydrogen-bond acceptors (Lipinski definition) is 6. The van der Waals surface area contributed by atoms with Gasteiger partial charge in [-0.15, -0.1) is 0 Å². The third-order valence-corrected chi connectivity index (χ3v) is 4.58. The SMILES string of the molecule is C=NSC1=C(C)COc2c1ccc(NC(=O)C(C)(C)C)c2C(=O)OC. The Balaban J connectivity index is 2.60. The van der Waals surface area contributed by atoms with Gasteiger partial charge in [-0.2, -0.15) is 0 Å². The van der Waals surface area contributed by atoms with Gasteiger partial charge in [-0.05, 0) is 31.3 Å². The lowest BCUT2D eigenvalue weighted by atomic mass is 9.95. The largest absolute Gasteiger partial charge is 0.488 e. The molecule has 6 nitrogen and oxygen atoms in total. The molecule has 0 saturated carbocycles. The maximum Gasteiger partial charge on any atom is 0.343 e. The van der Waals surface area contributed by atoms with E-state index in [1.54, 1.807) is 32.9 Å². The van der Waals surface area contributed by atoms with Crippen molar-refractivity contribution in [2.75, 3.05) is 19.0 Å². The predicted octanol–water partition coefficient (Wildman–Crippen LogP) is 3.93. The summed E-state index contributed by atoms with van der Waals surface area (Å²) in [6, 6.07) is 3.48. The van der Waals surface area contributed by atoms with Gasteiger partial charge in [-0.25, -0.2) is 9.19 Å². The fraction of sp³-hybridized carbons (Fsp3) is 0.389. The summed E-state index contributed by atoms with van der Waals surface area (Å²) in [5.74, 6) is -0.394. The Hall–Kier alpha value is -2.28. The highest BCUT2D eigenvalue weighted by Gasteiger charge is 2.30. The molecule has 1 aromatic rings. The van der Waals surface area contributed by atoms with Crippen molar-refractivity contribution in [1.82, 2.24) is 0 Å². The first-order valence-corrected chi connectivity index (χ1v) is 8.50. The van der Waals surface area contributed by atoms with Crippen LogP contribution >= 0.6 is 11.9 Å². The van der Waals surface area contributed by atoms with Gasteiger partial charge in [0.15, 0.2) is 0 Å². The second-order valence-electron chi connectivity index (χ2n) is 6.68. The molecule has 2 rings (SSSR count). The average molecular weight is 362 g/mol. The second kappa shape index (κ2) is 7.31. The van der Waals surface area contributed by atoms with Crippen LogP contribution in [0.5, 0.6) is 5.75 Å². The van der Waals surface area contributed by atoms with Crippen LogP contribution in [0.4, 0.5) is 5.69 Å². The zero-order valence-corrected chi connectivity index (χ0v) is 15.9. The van der Waals surface area contributed by atoms with E-state index in [-0.39, 0.29) is 11.5 Å². The standard InChI is InChI=1S/C18H22N2O4S/c1-10-9-24-14-11(15(10)25-19-5)7-8-12(13(14)16(21)23-6)20-17(22)18(2,3)4/h7-8H,5,9H2,1-4,6H3,(H,20,22). The van der Waals surface area contributed by atoms with Crippen LogP contribution in [0.25, 0.3) is 4.91 Å². The highest BCUT2D eigenvalue weighted by molar-refractivity contribution is 8.07. The average Bonchev–Trinajstić information content (AvgIpc) is 2.55. The maximum atomic E-state index is 12.4. The van der Waals surface area contributed by atoms with Crippen molar-refractivity contribution in [3.8, 4) is 5.75 Å². The molecule has 0 atom stereocenters. The Morgan fingerprint density at radius 1 is 1.36 bits per heavy atom. The van der Waals surface area contributed by atoms with Crippen molar-refractivity contribution in [2.24, 2.45) is 9.81 Å². The number of rotatable bonds is 4.